The molecule has 0 bridgehead atoms. The van der Waals surface area contributed by atoms with Crippen molar-refractivity contribution in [2.24, 2.45) is 0 Å². The number of rotatable bonds is 6. The first kappa shape index (κ1) is 29.1. The molecule has 1 saturated heterocycles. The van der Waals surface area contributed by atoms with Gasteiger partial charge in [-0.3, -0.25) is 14.6 Å². The first-order valence-corrected chi connectivity index (χ1v) is 14.3. The van der Waals surface area contributed by atoms with Crippen LogP contribution in [0.5, 0.6) is 0 Å². The topological polar surface area (TPSA) is 101 Å². The van der Waals surface area contributed by atoms with Gasteiger partial charge in [-0.2, -0.15) is 4.98 Å². The molecule has 1 atom stereocenters. The molecule has 4 aromatic rings. The maximum absolute atomic E-state index is 14.0. The van der Waals surface area contributed by atoms with Crippen LogP contribution < -0.4 is 10.6 Å². The number of nitrogens with zero attached hydrogens (tertiary/aromatic N) is 6. The Labute approximate surface area is 249 Å². The lowest BCUT2D eigenvalue weighted by Gasteiger charge is -2.41. The largest absolute Gasteiger partial charge is 0.355 e. The van der Waals surface area contributed by atoms with E-state index in [1.54, 1.807) is 42.3 Å². The van der Waals surface area contributed by atoms with Gasteiger partial charge in [0.25, 0.3) is 0 Å². The standard InChI is InChI=1S/C32H33ClN6O3/c1-18(2)26-28(20(5)11-12-34-26)39-30-24(15-25(33)27(35-30)23-10-8-7-9-22(23)17-40)29(36-32(39)42)38-14-13-37(16-21(38)6)31(41)19(3)4/h7-12,15,17-18,21H,3,13-14,16H2,1-2,4-6H3/t21-/m0/s1. The number of carbonyl (C=O) groups excluding carboxylic acids is 2. The number of piperazine rings is 1. The molecule has 216 valence electrons. The monoisotopic (exact) mass is 584 g/mol. The number of hydrogen-bond donors (Lipinski definition) is 0. The zero-order chi connectivity index (χ0) is 30.3. The van der Waals surface area contributed by atoms with Crippen molar-refractivity contribution in [3.63, 3.8) is 0 Å². The van der Waals surface area contributed by atoms with Crippen molar-refractivity contribution in [3.8, 4) is 16.9 Å². The average molecular weight is 585 g/mol. The molecule has 9 nitrogen and oxygen atoms in total. The number of carbonyl (C=O) groups is 2. The molecule has 0 spiro atoms. The zero-order valence-corrected chi connectivity index (χ0v) is 25.1. The van der Waals surface area contributed by atoms with Crippen molar-refractivity contribution in [3.05, 3.63) is 87.1 Å². The number of aromatic nitrogens is 4. The lowest BCUT2D eigenvalue weighted by atomic mass is 10.0. The Morgan fingerprint density at radius 1 is 1.17 bits per heavy atom. The summed E-state index contributed by atoms with van der Waals surface area (Å²) >= 11 is 6.88. The number of aryl methyl sites for hydroxylation is 1. The van der Waals surface area contributed by atoms with Gasteiger partial charge in [-0.15, -0.1) is 0 Å². The summed E-state index contributed by atoms with van der Waals surface area (Å²) in [5.41, 5.74) is 3.91. The molecule has 3 aromatic heterocycles. The van der Waals surface area contributed by atoms with Crippen LogP contribution in [0.2, 0.25) is 5.02 Å². The van der Waals surface area contributed by atoms with Crippen molar-refractivity contribution in [2.45, 2.75) is 46.6 Å². The Morgan fingerprint density at radius 2 is 1.90 bits per heavy atom. The molecule has 1 fully saturated rings. The Bertz CT molecular complexity index is 1800. The molecular weight excluding hydrogens is 552 g/mol. The number of amides is 1. The molecule has 0 N–H and O–H groups in total. The fourth-order valence-corrected chi connectivity index (χ4v) is 5.80. The summed E-state index contributed by atoms with van der Waals surface area (Å²) in [5.74, 6) is 0.368. The highest BCUT2D eigenvalue weighted by atomic mass is 35.5. The molecule has 4 heterocycles. The van der Waals surface area contributed by atoms with Gasteiger partial charge >= 0.3 is 5.69 Å². The molecule has 1 amide bonds. The van der Waals surface area contributed by atoms with E-state index in [1.807, 2.05) is 44.7 Å². The van der Waals surface area contributed by atoms with E-state index in [0.717, 1.165) is 17.5 Å². The predicted octanol–water partition coefficient (Wildman–Crippen LogP) is 5.35. The van der Waals surface area contributed by atoms with E-state index in [1.165, 1.54) is 4.57 Å². The summed E-state index contributed by atoms with van der Waals surface area (Å²) in [7, 11) is 0. The van der Waals surface area contributed by atoms with Crippen molar-refractivity contribution in [1.82, 2.24) is 24.4 Å². The van der Waals surface area contributed by atoms with Crippen LogP contribution in [0.3, 0.4) is 0 Å². The van der Waals surface area contributed by atoms with Gasteiger partial charge in [0.1, 0.15) is 5.82 Å². The van der Waals surface area contributed by atoms with Gasteiger partial charge in [-0.1, -0.05) is 56.3 Å². The summed E-state index contributed by atoms with van der Waals surface area (Å²) in [5, 5.41) is 0.900. The highest BCUT2D eigenvalue weighted by Crippen LogP contribution is 2.36. The SMILES string of the molecule is C=C(C)C(=O)N1CCN(c2nc(=O)n(-c3c(C)ccnc3C(C)C)c3nc(-c4ccccc4C=O)c(Cl)cc23)[C@@H](C)C1. The minimum Gasteiger partial charge on any atom is -0.350 e. The average Bonchev–Trinajstić information content (AvgIpc) is 2.96. The number of fused-ring (bicyclic) bond motifs is 1. The van der Waals surface area contributed by atoms with Crippen LogP contribution >= 0.6 is 11.6 Å². The van der Waals surface area contributed by atoms with Gasteiger partial charge in [0.05, 0.1) is 27.5 Å². The molecule has 10 heteroatoms. The van der Waals surface area contributed by atoms with E-state index in [9.17, 15) is 14.4 Å². The molecule has 1 aliphatic heterocycles. The van der Waals surface area contributed by atoms with Gasteiger partial charge in [-0.05, 0) is 44.4 Å². The van der Waals surface area contributed by atoms with E-state index in [0.29, 0.717) is 69.6 Å². The van der Waals surface area contributed by atoms with Crippen molar-refractivity contribution in [1.29, 1.82) is 0 Å². The molecule has 5 rings (SSSR count). The minimum atomic E-state index is -0.507. The highest BCUT2D eigenvalue weighted by Gasteiger charge is 2.31. The normalized spacial score (nSPS) is 15.4. The maximum atomic E-state index is 14.0. The fraction of sp³-hybridized carbons (Fsp3) is 0.312. The van der Waals surface area contributed by atoms with Crippen LogP contribution in [-0.2, 0) is 4.79 Å². The summed E-state index contributed by atoms with van der Waals surface area (Å²) in [6.07, 6.45) is 2.49. The lowest BCUT2D eigenvalue weighted by molar-refractivity contribution is -0.127. The molecular formula is C32H33ClN6O3. The number of aldehydes is 1. The lowest BCUT2D eigenvalue weighted by Crippen LogP contribution is -2.54. The second kappa shape index (κ2) is 11.5. The third-order valence-electron chi connectivity index (χ3n) is 7.62. The van der Waals surface area contributed by atoms with Crippen LogP contribution in [-0.4, -0.2) is 62.3 Å². The number of benzene rings is 1. The molecule has 1 aromatic carbocycles. The van der Waals surface area contributed by atoms with E-state index in [4.69, 9.17) is 16.6 Å². The van der Waals surface area contributed by atoms with Crippen LogP contribution in [0.15, 0.2) is 59.5 Å². The van der Waals surface area contributed by atoms with E-state index in [2.05, 4.69) is 16.5 Å². The smallest absolute Gasteiger partial charge is 0.350 e. The number of hydrogen-bond acceptors (Lipinski definition) is 7. The zero-order valence-electron chi connectivity index (χ0n) is 24.4. The quantitative estimate of drug-likeness (QED) is 0.222. The van der Waals surface area contributed by atoms with E-state index in [-0.39, 0.29) is 17.9 Å². The molecule has 42 heavy (non-hydrogen) atoms. The third kappa shape index (κ3) is 5.09. The molecule has 0 unspecified atom stereocenters. The Balaban J connectivity index is 1.80. The second-order valence-electron chi connectivity index (χ2n) is 11.0. The van der Waals surface area contributed by atoms with Crippen LogP contribution in [0.1, 0.15) is 55.2 Å². The third-order valence-corrected chi connectivity index (χ3v) is 7.91. The van der Waals surface area contributed by atoms with Gasteiger partial charge < -0.3 is 9.80 Å². The second-order valence-corrected chi connectivity index (χ2v) is 11.4. The minimum absolute atomic E-state index is 0.0167. The molecule has 1 aliphatic rings. The first-order valence-electron chi connectivity index (χ1n) is 13.9. The van der Waals surface area contributed by atoms with Gasteiger partial charge in [-0.25, -0.2) is 14.3 Å². The number of halogens is 1. The number of pyridine rings is 2. The molecule has 0 saturated carbocycles. The molecule has 0 radical (unpaired) electrons. The van der Waals surface area contributed by atoms with Gasteiger partial charge in [0, 0.05) is 48.6 Å². The maximum Gasteiger partial charge on any atom is 0.355 e. The first-order chi connectivity index (χ1) is 20.0. The summed E-state index contributed by atoms with van der Waals surface area (Å²) in [4.78, 5) is 56.6. The van der Waals surface area contributed by atoms with Gasteiger partial charge in [0.2, 0.25) is 5.91 Å². The van der Waals surface area contributed by atoms with Crippen LogP contribution in [0.25, 0.3) is 28.0 Å². The predicted molar refractivity (Wildman–Crippen MR) is 166 cm³/mol. The van der Waals surface area contributed by atoms with Crippen molar-refractivity contribution >= 4 is 40.6 Å². The Morgan fingerprint density at radius 3 is 2.57 bits per heavy atom. The summed E-state index contributed by atoms with van der Waals surface area (Å²) in [6, 6.07) is 10.5. The highest BCUT2D eigenvalue weighted by molar-refractivity contribution is 6.34. The summed E-state index contributed by atoms with van der Waals surface area (Å²) < 4.78 is 1.51. The number of anilines is 1. The van der Waals surface area contributed by atoms with Crippen molar-refractivity contribution in [2.75, 3.05) is 24.5 Å². The summed E-state index contributed by atoms with van der Waals surface area (Å²) in [6.45, 7) is 14.8. The Hall–Kier alpha value is -4.37. The van der Waals surface area contributed by atoms with E-state index < -0.39 is 5.69 Å². The van der Waals surface area contributed by atoms with Crippen molar-refractivity contribution < 1.29 is 9.59 Å². The fourth-order valence-electron chi connectivity index (χ4n) is 5.54. The molecule has 0 aliphatic carbocycles. The Kier molecular flexibility index (Phi) is 7.97. The van der Waals surface area contributed by atoms with Crippen LogP contribution in [0.4, 0.5) is 5.82 Å². The van der Waals surface area contributed by atoms with Gasteiger partial charge in [0.15, 0.2) is 11.9 Å². The van der Waals surface area contributed by atoms with E-state index >= 15 is 0 Å². The van der Waals surface area contributed by atoms with Crippen LogP contribution in [0, 0.1) is 6.92 Å².